The molecule has 0 aliphatic heterocycles. The fraction of sp³-hybridized carbons (Fsp3) is 0.188. The Morgan fingerprint density at radius 2 is 1.84 bits per heavy atom. The maximum absolute atomic E-state index is 13.0. The first-order valence-electron chi connectivity index (χ1n) is 6.30. The quantitative estimate of drug-likeness (QED) is 0.891. The van der Waals surface area contributed by atoms with Crippen molar-refractivity contribution < 1.29 is 9.18 Å². The van der Waals surface area contributed by atoms with Crippen LogP contribution in [0.4, 0.5) is 10.1 Å². The molecule has 0 unspecified atom stereocenters. The molecule has 0 bridgehead atoms. The second-order valence-electron chi connectivity index (χ2n) is 4.41. The van der Waals surface area contributed by atoms with Crippen molar-refractivity contribution in [3.05, 3.63) is 65.5 Å². The molecule has 0 fully saturated rings. The van der Waals surface area contributed by atoms with E-state index in [0.29, 0.717) is 5.56 Å². The lowest BCUT2D eigenvalue weighted by atomic mass is 10.1. The van der Waals surface area contributed by atoms with Crippen LogP contribution in [-0.2, 0) is 17.6 Å². The van der Waals surface area contributed by atoms with Gasteiger partial charge in [-0.05, 0) is 41.8 Å². The van der Waals surface area contributed by atoms with Crippen molar-refractivity contribution in [3.63, 3.8) is 0 Å². The van der Waals surface area contributed by atoms with Gasteiger partial charge in [0.2, 0.25) is 5.91 Å². The summed E-state index contributed by atoms with van der Waals surface area (Å²) in [6, 6.07) is 13.8. The highest BCUT2D eigenvalue weighted by Crippen LogP contribution is 2.11. The molecule has 3 heteroatoms. The molecule has 2 nitrogen and oxygen atoms in total. The van der Waals surface area contributed by atoms with Crippen LogP contribution in [0.1, 0.15) is 18.1 Å². The number of carbonyl (C=O) groups is 1. The lowest BCUT2D eigenvalue weighted by Gasteiger charge is -2.06. The highest BCUT2D eigenvalue weighted by Gasteiger charge is 2.04. The molecule has 0 saturated heterocycles. The van der Waals surface area contributed by atoms with Crippen LogP contribution in [0.5, 0.6) is 0 Å². The van der Waals surface area contributed by atoms with Crippen molar-refractivity contribution in [1.82, 2.24) is 0 Å². The Balaban J connectivity index is 1.97. The molecule has 0 saturated carbocycles. The average molecular weight is 257 g/mol. The van der Waals surface area contributed by atoms with Gasteiger partial charge in [-0.25, -0.2) is 4.39 Å². The van der Waals surface area contributed by atoms with Gasteiger partial charge >= 0.3 is 0 Å². The monoisotopic (exact) mass is 257 g/mol. The average Bonchev–Trinajstić information content (AvgIpc) is 2.39. The van der Waals surface area contributed by atoms with Crippen LogP contribution in [-0.4, -0.2) is 5.91 Å². The summed E-state index contributed by atoms with van der Waals surface area (Å²) in [6.07, 6.45) is 1.14. The lowest BCUT2D eigenvalue weighted by Crippen LogP contribution is -2.14. The molecule has 0 atom stereocenters. The molecule has 2 aromatic rings. The van der Waals surface area contributed by atoms with Gasteiger partial charge in [0.25, 0.3) is 0 Å². The normalized spacial score (nSPS) is 10.2. The molecule has 2 aromatic carbocycles. The second-order valence-corrected chi connectivity index (χ2v) is 4.41. The zero-order valence-corrected chi connectivity index (χ0v) is 10.8. The molecule has 0 heterocycles. The van der Waals surface area contributed by atoms with Gasteiger partial charge in [-0.1, -0.05) is 31.2 Å². The van der Waals surface area contributed by atoms with E-state index in [-0.39, 0.29) is 18.1 Å². The molecule has 1 amide bonds. The van der Waals surface area contributed by atoms with Crippen LogP contribution in [0.25, 0.3) is 0 Å². The van der Waals surface area contributed by atoms with Crippen molar-refractivity contribution >= 4 is 11.6 Å². The van der Waals surface area contributed by atoms with Crippen LogP contribution in [0, 0.1) is 5.82 Å². The third-order valence-corrected chi connectivity index (χ3v) is 2.90. The number of nitrogens with one attached hydrogen (secondary N) is 1. The van der Waals surface area contributed by atoms with Crippen molar-refractivity contribution in [3.8, 4) is 0 Å². The summed E-state index contributed by atoms with van der Waals surface area (Å²) >= 11 is 0. The van der Waals surface area contributed by atoms with Gasteiger partial charge in [0.15, 0.2) is 0 Å². The molecule has 0 spiro atoms. The van der Waals surface area contributed by atoms with E-state index >= 15 is 0 Å². The van der Waals surface area contributed by atoms with Gasteiger partial charge in [-0.2, -0.15) is 0 Å². The van der Waals surface area contributed by atoms with Crippen LogP contribution in [0.3, 0.4) is 0 Å². The molecule has 0 aliphatic carbocycles. The Labute approximate surface area is 112 Å². The first-order valence-corrected chi connectivity index (χ1v) is 6.30. The number of hydrogen-bond acceptors (Lipinski definition) is 1. The number of halogens is 1. The highest BCUT2D eigenvalue weighted by atomic mass is 19.1. The van der Waals surface area contributed by atoms with E-state index in [2.05, 4.69) is 12.2 Å². The molecule has 98 valence electrons. The predicted molar refractivity (Wildman–Crippen MR) is 74.6 cm³/mol. The summed E-state index contributed by atoms with van der Waals surface area (Å²) in [5.74, 6) is -0.465. The summed E-state index contributed by atoms with van der Waals surface area (Å²) in [5, 5.41) is 2.80. The van der Waals surface area contributed by atoms with E-state index in [0.717, 1.165) is 12.1 Å². The minimum absolute atomic E-state index is 0.144. The first kappa shape index (κ1) is 13.3. The number of aryl methyl sites for hydroxylation is 1. The van der Waals surface area contributed by atoms with E-state index in [1.807, 2.05) is 24.3 Å². The predicted octanol–water partition coefficient (Wildman–Crippen LogP) is 3.57. The van der Waals surface area contributed by atoms with Gasteiger partial charge in [0, 0.05) is 5.69 Å². The largest absolute Gasteiger partial charge is 0.326 e. The van der Waals surface area contributed by atoms with Crippen LogP contribution in [0.15, 0.2) is 48.5 Å². The number of rotatable bonds is 4. The second kappa shape index (κ2) is 6.14. The van der Waals surface area contributed by atoms with E-state index in [1.54, 1.807) is 12.1 Å². The topological polar surface area (TPSA) is 29.1 Å². The Hall–Kier alpha value is -2.16. The van der Waals surface area contributed by atoms with E-state index in [4.69, 9.17) is 0 Å². The Morgan fingerprint density at radius 3 is 2.47 bits per heavy atom. The Bertz CT molecular complexity index is 563. The lowest BCUT2D eigenvalue weighted by molar-refractivity contribution is -0.115. The first-order chi connectivity index (χ1) is 9.17. The third kappa shape index (κ3) is 3.91. The zero-order chi connectivity index (χ0) is 13.7. The minimum Gasteiger partial charge on any atom is -0.326 e. The van der Waals surface area contributed by atoms with Gasteiger partial charge in [0.05, 0.1) is 6.42 Å². The maximum atomic E-state index is 13.0. The van der Waals surface area contributed by atoms with Crippen LogP contribution < -0.4 is 5.32 Å². The highest BCUT2D eigenvalue weighted by molar-refractivity contribution is 5.92. The third-order valence-electron chi connectivity index (χ3n) is 2.90. The molecule has 0 aromatic heterocycles. The van der Waals surface area contributed by atoms with E-state index < -0.39 is 0 Å². The molecular weight excluding hydrogens is 241 g/mol. The zero-order valence-electron chi connectivity index (χ0n) is 10.8. The standard InChI is InChI=1S/C16H16FNO/c1-2-12-6-8-15(9-7-12)18-16(19)11-13-4-3-5-14(17)10-13/h3-10H,2,11H2,1H3,(H,18,19). The fourth-order valence-corrected chi connectivity index (χ4v) is 1.86. The summed E-state index contributed by atoms with van der Waals surface area (Å²) < 4.78 is 13.0. The Kier molecular flexibility index (Phi) is 4.29. The summed E-state index contributed by atoms with van der Waals surface area (Å²) in [5.41, 5.74) is 2.66. The molecule has 19 heavy (non-hydrogen) atoms. The van der Waals surface area contributed by atoms with Crippen LogP contribution in [0.2, 0.25) is 0 Å². The molecular formula is C16H16FNO. The number of hydrogen-bond donors (Lipinski definition) is 1. The number of carbonyl (C=O) groups excluding carboxylic acids is 1. The van der Waals surface area contributed by atoms with Gasteiger partial charge < -0.3 is 5.32 Å². The summed E-state index contributed by atoms with van der Waals surface area (Å²) in [4.78, 5) is 11.8. The summed E-state index contributed by atoms with van der Waals surface area (Å²) in [6.45, 7) is 2.08. The van der Waals surface area contributed by atoms with Gasteiger partial charge in [0.1, 0.15) is 5.82 Å². The molecule has 0 radical (unpaired) electrons. The smallest absolute Gasteiger partial charge is 0.228 e. The van der Waals surface area contributed by atoms with Gasteiger partial charge in [-0.15, -0.1) is 0 Å². The SMILES string of the molecule is CCc1ccc(NC(=O)Cc2cccc(F)c2)cc1. The summed E-state index contributed by atoms with van der Waals surface area (Å²) in [7, 11) is 0. The molecule has 0 aliphatic rings. The van der Waals surface area contributed by atoms with E-state index in [1.165, 1.54) is 17.7 Å². The van der Waals surface area contributed by atoms with Crippen molar-refractivity contribution in [2.45, 2.75) is 19.8 Å². The van der Waals surface area contributed by atoms with E-state index in [9.17, 15) is 9.18 Å². The number of benzene rings is 2. The molecule has 1 N–H and O–H groups in total. The fourth-order valence-electron chi connectivity index (χ4n) is 1.86. The number of amides is 1. The Morgan fingerprint density at radius 1 is 1.11 bits per heavy atom. The minimum atomic E-state index is -0.322. The number of anilines is 1. The van der Waals surface area contributed by atoms with Crippen molar-refractivity contribution in [2.24, 2.45) is 0 Å². The maximum Gasteiger partial charge on any atom is 0.228 e. The van der Waals surface area contributed by atoms with Crippen molar-refractivity contribution in [1.29, 1.82) is 0 Å². The molecule has 2 rings (SSSR count). The van der Waals surface area contributed by atoms with Crippen molar-refractivity contribution in [2.75, 3.05) is 5.32 Å². The van der Waals surface area contributed by atoms with Gasteiger partial charge in [-0.3, -0.25) is 4.79 Å². The van der Waals surface area contributed by atoms with Crippen LogP contribution >= 0.6 is 0 Å².